The number of hydrogen-bond donors (Lipinski definition) is 1. The van der Waals surface area contributed by atoms with Crippen LogP contribution in [0.3, 0.4) is 0 Å². The van der Waals surface area contributed by atoms with Crippen molar-refractivity contribution in [3.63, 3.8) is 0 Å². The molecule has 1 heterocycles. The lowest BCUT2D eigenvalue weighted by Gasteiger charge is -2.06. The lowest BCUT2D eigenvalue weighted by molar-refractivity contribution is 0.145. The summed E-state index contributed by atoms with van der Waals surface area (Å²) in [6.07, 6.45) is 1.72. The number of hydrogen-bond acceptors (Lipinski definition) is 3. The van der Waals surface area contributed by atoms with Crippen molar-refractivity contribution < 1.29 is 19.1 Å². The molecule has 0 spiro atoms. The zero-order chi connectivity index (χ0) is 11.8. The Morgan fingerprint density at radius 1 is 1.12 bits per heavy atom. The molecule has 0 aliphatic heterocycles. The third-order valence-electron chi connectivity index (χ3n) is 2.64. The molecule has 0 bridgehead atoms. The van der Waals surface area contributed by atoms with E-state index >= 15 is 0 Å². The van der Waals surface area contributed by atoms with Crippen LogP contribution in [0.1, 0.15) is 0 Å². The molecule has 1 aromatic heterocycles. The Morgan fingerprint density at radius 3 is 2.76 bits per heavy atom. The van der Waals surface area contributed by atoms with E-state index in [1.165, 1.54) is 6.26 Å². The van der Waals surface area contributed by atoms with Crippen LogP contribution in [-0.4, -0.2) is 11.3 Å². The van der Waals surface area contributed by atoms with E-state index in [2.05, 4.69) is 0 Å². The van der Waals surface area contributed by atoms with Crippen molar-refractivity contribution in [1.29, 1.82) is 0 Å². The van der Waals surface area contributed by atoms with Gasteiger partial charge in [0.2, 0.25) is 0 Å². The first kappa shape index (κ1) is 9.72. The molecule has 4 heteroatoms. The van der Waals surface area contributed by atoms with Crippen molar-refractivity contribution in [2.45, 2.75) is 0 Å². The molecule has 17 heavy (non-hydrogen) atoms. The molecule has 4 nitrogen and oxygen atoms in total. The zero-order valence-electron chi connectivity index (χ0n) is 8.71. The lowest BCUT2D eigenvalue weighted by atomic mass is 10.1. The van der Waals surface area contributed by atoms with Crippen molar-refractivity contribution >= 4 is 27.7 Å². The van der Waals surface area contributed by atoms with E-state index in [1.54, 1.807) is 6.26 Å². The van der Waals surface area contributed by atoms with Crippen LogP contribution in [0.25, 0.3) is 21.5 Å². The molecule has 84 valence electrons. The maximum Gasteiger partial charge on any atom is 0.511 e. The van der Waals surface area contributed by atoms with E-state index in [-0.39, 0.29) is 0 Å². The van der Waals surface area contributed by atoms with Gasteiger partial charge >= 0.3 is 6.16 Å². The number of carboxylic acid groups (broad SMARTS) is 1. The highest BCUT2D eigenvalue weighted by atomic mass is 16.7. The zero-order valence-corrected chi connectivity index (χ0v) is 8.71. The number of rotatable bonds is 1. The average Bonchev–Trinajstić information content (AvgIpc) is 2.76. The molecular weight excluding hydrogens is 220 g/mol. The van der Waals surface area contributed by atoms with Gasteiger partial charge in [-0.3, -0.25) is 0 Å². The summed E-state index contributed by atoms with van der Waals surface area (Å²) in [5.41, 5.74) is 0. The summed E-state index contributed by atoms with van der Waals surface area (Å²) in [6.45, 7) is 0. The van der Waals surface area contributed by atoms with E-state index in [0.717, 1.165) is 16.2 Å². The third-order valence-corrected chi connectivity index (χ3v) is 2.64. The highest BCUT2D eigenvalue weighted by Crippen LogP contribution is 2.35. The van der Waals surface area contributed by atoms with E-state index in [4.69, 9.17) is 14.3 Å². The second kappa shape index (κ2) is 3.52. The van der Waals surface area contributed by atoms with Gasteiger partial charge in [-0.2, -0.15) is 0 Å². The third kappa shape index (κ3) is 1.50. The largest absolute Gasteiger partial charge is 0.511 e. The maximum absolute atomic E-state index is 10.7. The van der Waals surface area contributed by atoms with Crippen LogP contribution in [-0.2, 0) is 0 Å². The van der Waals surface area contributed by atoms with Gasteiger partial charge in [0.15, 0.2) is 5.75 Å². The molecule has 0 saturated carbocycles. The number of ether oxygens (including phenoxy) is 1. The minimum atomic E-state index is -1.33. The molecule has 0 fully saturated rings. The normalized spacial score (nSPS) is 10.8. The second-order valence-corrected chi connectivity index (χ2v) is 3.67. The molecule has 2 aromatic carbocycles. The van der Waals surface area contributed by atoms with Crippen LogP contribution in [0.15, 0.2) is 47.3 Å². The first-order valence-electron chi connectivity index (χ1n) is 5.04. The summed E-state index contributed by atoms with van der Waals surface area (Å²) in [4.78, 5) is 10.7. The molecule has 0 aliphatic carbocycles. The average molecular weight is 228 g/mol. The molecular formula is C13H8O4. The van der Waals surface area contributed by atoms with Gasteiger partial charge in [-0.05, 0) is 11.5 Å². The summed E-state index contributed by atoms with van der Waals surface area (Å²) < 4.78 is 9.94. The van der Waals surface area contributed by atoms with Gasteiger partial charge in [0.25, 0.3) is 0 Å². The van der Waals surface area contributed by atoms with Crippen molar-refractivity contribution in [3.05, 3.63) is 42.9 Å². The van der Waals surface area contributed by atoms with Crippen molar-refractivity contribution in [2.24, 2.45) is 0 Å². The van der Waals surface area contributed by atoms with Gasteiger partial charge in [-0.15, -0.1) is 0 Å². The van der Waals surface area contributed by atoms with Gasteiger partial charge in [0.1, 0.15) is 6.26 Å². The smallest absolute Gasteiger partial charge is 0.471 e. The predicted octanol–water partition coefficient (Wildman–Crippen LogP) is 3.64. The van der Waals surface area contributed by atoms with Gasteiger partial charge in [-0.25, -0.2) is 4.79 Å². The molecule has 0 aliphatic rings. The minimum Gasteiger partial charge on any atom is -0.471 e. The van der Waals surface area contributed by atoms with Crippen molar-refractivity contribution in [2.75, 3.05) is 0 Å². The standard InChI is InChI=1S/C13H8O4/c14-13(15)17-12-10-4-2-1-3-8(10)5-9-6-16-7-11(9)12/h1-7H,(H,14,15). The van der Waals surface area contributed by atoms with Crippen LogP contribution in [0.4, 0.5) is 4.79 Å². The van der Waals surface area contributed by atoms with E-state index in [9.17, 15) is 4.79 Å². The monoisotopic (exact) mass is 228 g/mol. The van der Waals surface area contributed by atoms with E-state index in [0.29, 0.717) is 11.1 Å². The molecule has 0 saturated heterocycles. The first-order chi connectivity index (χ1) is 8.25. The number of carbonyl (C=O) groups is 1. The summed E-state index contributed by atoms with van der Waals surface area (Å²) in [5.74, 6) is 0.319. The first-order valence-corrected chi connectivity index (χ1v) is 5.04. The lowest BCUT2D eigenvalue weighted by Crippen LogP contribution is -2.03. The van der Waals surface area contributed by atoms with Gasteiger partial charge < -0.3 is 14.3 Å². The van der Waals surface area contributed by atoms with Crippen LogP contribution in [0.5, 0.6) is 5.75 Å². The van der Waals surface area contributed by atoms with E-state index < -0.39 is 6.16 Å². The molecule has 0 radical (unpaired) electrons. The Labute approximate surface area is 96.0 Å². The fraction of sp³-hybridized carbons (Fsp3) is 0. The van der Waals surface area contributed by atoms with Crippen LogP contribution < -0.4 is 4.74 Å². The SMILES string of the molecule is O=C(O)Oc1c2ccccc2cc2cocc12. The van der Waals surface area contributed by atoms with Crippen LogP contribution in [0.2, 0.25) is 0 Å². The van der Waals surface area contributed by atoms with Crippen molar-refractivity contribution in [1.82, 2.24) is 0 Å². The molecule has 0 atom stereocenters. The fourth-order valence-electron chi connectivity index (χ4n) is 1.94. The van der Waals surface area contributed by atoms with Crippen LogP contribution >= 0.6 is 0 Å². The summed E-state index contributed by atoms with van der Waals surface area (Å²) >= 11 is 0. The van der Waals surface area contributed by atoms with Crippen LogP contribution in [0, 0.1) is 0 Å². The summed E-state index contributed by atoms with van der Waals surface area (Å²) in [6, 6.07) is 9.38. The predicted molar refractivity (Wildman–Crippen MR) is 62.4 cm³/mol. The Kier molecular flexibility index (Phi) is 2.01. The fourth-order valence-corrected chi connectivity index (χ4v) is 1.94. The summed E-state index contributed by atoms with van der Waals surface area (Å²) in [5, 5.41) is 11.9. The highest BCUT2D eigenvalue weighted by molar-refractivity contribution is 6.05. The highest BCUT2D eigenvalue weighted by Gasteiger charge is 2.13. The summed E-state index contributed by atoms with van der Waals surface area (Å²) in [7, 11) is 0. The molecule has 0 unspecified atom stereocenters. The Bertz CT molecular complexity index is 712. The molecule has 1 N–H and O–H groups in total. The Balaban J connectivity index is 2.43. The molecule has 3 rings (SSSR count). The number of furan rings is 1. The van der Waals surface area contributed by atoms with E-state index in [1.807, 2.05) is 30.3 Å². The second-order valence-electron chi connectivity index (χ2n) is 3.67. The van der Waals surface area contributed by atoms with Gasteiger partial charge in [0, 0.05) is 10.8 Å². The molecule has 0 amide bonds. The maximum atomic E-state index is 10.7. The van der Waals surface area contributed by atoms with Gasteiger partial charge in [-0.1, -0.05) is 24.3 Å². The van der Waals surface area contributed by atoms with Gasteiger partial charge in [0.05, 0.1) is 11.6 Å². The number of fused-ring (bicyclic) bond motifs is 2. The minimum absolute atomic E-state index is 0.319. The molecule has 3 aromatic rings. The van der Waals surface area contributed by atoms with Crippen molar-refractivity contribution in [3.8, 4) is 5.75 Å². The Hall–Kier alpha value is -2.49. The quantitative estimate of drug-likeness (QED) is 0.510. The number of benzene rings is 2. The Morgan fingerprint density at radius 2 is 1.94 bits per heavy atom. The topological polar surface area (TPSA) is 59.7 Å².